The standard InChI is InChI=1S/C25H31FN2O4S/c1-17(2)25(30)27(14-20-4-3-12-31-20)15-24(29)28-11-9-23-21(10-13-33-23)22(28)16-32-19-7-5-18(26)6-8-19/h5-8,10,13,17,20,22H,3-4,9,11-12,14-16H2,1-2H3. The Kier molecular flexibility index (Phi) is 7.65. The normalized spacial score (nSPS) is 20.1. The number of nitrogens with zero attached hydrogens (tertiary/aromatic N) is 2. The van der Waals surface area contributed by atoms with Crippen LogP contribution in [0.3, 0.4) is 0 Å². The Morgan fingerprint density at radius 3 is 2.76 bits per heavy atom. The van der Waals surface area contributed by atoms with Crippen molar-refractivity contribution < 1.29 is 23.5 Å². The SMILES string of the molecule is CC(C)C(=O)N(CC(=O)N1CCc2sccc2C1COc1ccc(F)cc1)CC1CCCO1. The maximum Gasteiger partial charge on any atom is 0.242 e. The lowest BCUT2D eigenvalue weighted by molar-refractivity contribution is -0.145. The van der Waals surface area contributed by atoms with Crippen molar-refractivity contribution in [2.24, 2.45) is 5.92 Å². The van der Waals surface area contributed by atoms with Gasteiger partial charge in [0.05, 0.1) is 18.7 Å². The van der Waals surface area contributed by atoms with E-state index in [1.165, 1.54) is 17.0 Å². The molecule has 1 saturated heterocycles. The van der Waals surface area contributed by atoms with Gasteiger partial charge >= 0.3 is 0 Å². The molecule has 178 valence electrons. The Morgan fingerprint density at radius 2 is 2.06 bits per heavy atom. The van der Waals surface area contributed by atoms with E-state index < -0.39 is 0 Å². The smallest absolute Gasteiger partial charge is 0.242 e. The molecular formula is C25H31FN2O4S. The van der Waals surface area contributed by atoms with Gasteiger partial charge in [-0.3, -0.25) is 9.59 Å². The molecule has 6 nitrogen and oxygen atoms in total. The van der Waals surface area contributed by atoms with Gasteiger partial charge in [0.15, 0.2) is 0 Å². The summed E-state index contributed by atoms with van der Waals surface area (Å²) < 4.78 is 24.9. The molecule has 2 aliphatic heterocycles. The topological polar surface area (TPSA) is 59.1 Å². The summed E-state index contributed by atoms with van der Waals surface area (Å²) in [5.41, 5.74) is 1.09. The van der Waals surface area contributed by atoms with E-state index in [0.717, 1.165) is 24.8 Å². The summed E-state index contributed by atoms with van der Waals surface area (Å²) in [6.07, 6.45) is 2.67. The Morgan fingerprint density at radius 1 is 1.27 bits per heavy atom. The third kappa shape index (κ3) is 5.73. The van der Waals surface area contributed by atoms with Crippen LogP contribution in [0.4, 0.5) is 4.39 Å². The van der Waals surface area contributed by atoms with Crippen LogP contribution in [0.1, 0.15) is 43.2 Å². The molecule has 0 radical (unpaired) electrons. The number of fused-ring (bicyclic) bond motifs is 1. The van der Waals surface area contributed by atoms with Crippen LogP contribution in [0.15, 0.2) is 35.7 Å². The third-order valence-corrected chi connectivity index (χ3v) is 7.21. The molecule has 0 saturated carbocycles. The monoisotopic (exact) mass is 474 g/mol. The lowest BCUT2D eigenvalue weighted by atomic mass is 10.00. The second-order valence-electron chi connectivity index (χ2n) is 8.93. The highest BCUT2D eigenvalue weighted by molar-refractivity contribution is 7.10. The number of hydrogen-bond donors (Lipinski definition) is 0. The zero-order chi connectivity index (χ0) is 23.4. The number of amides is 2. The Bertz CT molecular complexity index is 956. The van der Waals surface area contributed by atoms with Gasteiger partial charge in [-0.15, -0.1) is 11.3 Å². The summed E-state index contributed by atoms with van der Waals surface area (Å²) in [5, 5.41) is 2.04. The van der Waals surface area contributed by atoms with Crippen LogP contribution in [0.5, 0.6) is 5.75 Å². The molecular weight excluding hydrogens is 443 g/mol. The summed E-state index contributed by atoms with van der Waals surface area (Å²) in [5.74, 6) is -0.0846. The highest BCUT2D eigenvalue weighted by Gasteiger charge is 2.34. The molecule has 0 N–H and O–H groups in total. The summed E-state index contributed by atoms with van der Waals surface area (Å²) in [4.78, 5) is 31.1. The molecule has 0 aliphatic carbocycles. The molecule has 1 fully saturated rings. The number of carbonyl (C=O) groups excluding carboxylic acids is 2. The summed E-state index contributed by atoms with van der Waals surface area (Å²) in [6, 6.07) is 7.68. The second-order valence-corrected chi connectivity index (χ2v) is 9.93. The van der Waals surface area contributed by atoms with E-state index >= 15 is 0 Å². The number of halogens is 1. The molecule has 2 amide bonds. The van der Waals surface area contributed by atoms with Crippen LogP contribution >= 0.6 is 11.3 Å². The number of thiophene rings is 1. The second kappa shape index (κ2) is 10.7. The number of hydrogen-bond acceptors (Lipinski definition) is 5. The Hall–Kier alpha value is -2.45. The van der Waals surface area contributed by atoms with Crippen LogP contribution in [0.2, 0.25) is 0 Å². The Balaban J connectivity index is 1.49. The maximum absolute atomic E-state index is 13.5. The van der Waals surface area contributed by atoms with Gasteiger partial charge < -0.3 is 19.3 Å². The minimum absolute atomic E-state index is 0.0112. The van der Waals surface area contributed by atoms with Gasteiger partial charge in [0.2, 0.25) is 11.8 Å². The fourth-order valence-corrected chi connectivity index (χ4v) is 5.39. The van der Waals surface area contributed by atoms with Crippen molar-refractivity contribution >= 4 is 23.2 Å². The third-order valence-electron chi connectivity index (χ3n) is 6.22. The lowest BCUT2D eigenvalue weighted by Gasteiger charge is -2.37. The molecule has 33 heavy (non-hydrogen) atoms. The Labute approximate surface area is 198 Å². The number of carbonyl (C=O) groups is 2. The molecule has 1 aromatic carbocycles. The fourth-order valence-electron chi connectivity index (χ4n) is 4.47. The van der Waals surface area contributed by atoms with Crippen LogP contribution in [0.25, 0.3) is 0 Å². The summed E-state index contributed by atoms with van der Waals surface area (Å²) in [6.45, 7) is 5.73. The molecule has 2 aliphatic rings. The number of ether oxygens (including phenoxy) is 2. The lowest BCUT2D eigenvalue weighted by Crippen LogP contribution is -2.50. The number of benzene rings is 1. The van der Waals surface area contributed by atoms with Crippen molar-refractivity contribution in [3.05, 3.63) is 52.0 Å². The number of rotatable bonds is 8. The molecule has 4 rings (SSSR count). The largest absolute Gasteiger partial charge is 0.491 e. The maximum atomic E-state index is 13.5. The van der Waals surface area contributed by atoms with Gasteiger partial charge in [-0.2, -0.15) is 0 Å². The molecule has 2 unspecified atom stereocenters. The first-order valence-electron chi connectivity index (χ1n) is 11.6. The van der Waals surface area contributed by atoms with E-state index in [9.17, 15) is 14.0 Å². The van der Waals surface area contributed by atoms with Crippen molar-refractivity contribution in [1.82, 2.24) is 9.80 Å². The average molecular weight is 475 g/mol. The highest BCUT2D eigenvalue weighted by Crippen LogP contribution is 2.34. The predicted octanol–water partition coefficient (Wildman–Crippen LogP) is 4.06. The van der Waals surface area contributed by atoms with Gasteiger partial charge in [-0.05, 0) is 60.5 Å². The molecule has 2 aromatic rings. The first-order valence-corrected chi connectivity index (χ1v) is 12.4. The first-order chi connectivity index (χ1) is 15.9. The van der Waals surface area contributed by atoms with Gasteiger partial charge in [0.25, 0.3) is 0 Å². The average Bonchev–Trinajstić information content (AvgIpc) is 3.49. The zero-order valence-electron chi connectivity index (χ0n) is 19.2. The van der Waals surface area contributed by atoms with E-state index in [0.29, 0.717) is 25.4 Å². The molecule has 1 aromatic heterocycles. The van der Waals surface area contributed by atoms with Crippen molar-refractivity contribution in [2.75, 3.05) is 32.8 Å². The zero-order valence-corrected chi connectivity index (χ0v) is 20.0. The van der Waals surface area contributed by atoms with Gasteiger partial charge in [-0.25, -0.2) is 4.39 Å². The van der Waals surface area contributed by atoms with E-state index in [-0.39, 0.29) is 48.8 Å². The first kappa shape index (κ1) is 23.7. The predicted molar refractivity (Wildman–Crippen MR) is 125 cm³/mol. The van der Waals surface area contributed by atoms with Crippen molar-refractivity contribution in [2.45, 2.75) is 45.3 Å². The minimum Gasteiger partial charge on any atom is -0.491 e. The molecule has 0 bridgehead atoms. The van der Waals surface area contributed by atoms with Crippen molar-refractivity contribution in [1.29, 1.82) is 0 Å². The van der Waals surface area contributed by atoms with Gasteiger partial charge in [0.1, 0.15) is 18.2 Å². The summed E-state index contributed by atoms with van der Waals surface area (Å²) in [7, 11) is 0. The molecule has 8 heteroatoms. The molecule has 0 spiro atoms. The minimum atomic E-state index is -0.321. The quantitative estimate of drug-likeness (QED) is 0.579. The van der Waals surface area contributed by atoms with Crippen molar-refractivity contribution in [3.8, 4) is 5.75 Å². The highest BCUT2D eigenvalue weighted by atomic mass is 32.1. The van der Waals surface area contributed by atoms with Crippen LogP contribution in [0, 0.1) is 11.7 Å². The molecule has 2 atom stereocenters. The van der Waals surface area contributed by atoms with E-state index in [2.05, 4.69) is 0 Å². The van der Waals surface area contributed by atoms with Gasteiger partial charge in [0, 0.05) is 30.5 Å². The van der Waals surface area contributed by atoms with E-state index in [4.69, 9.17) is 9.47 Å². The van der Waals surface area contributed by atoms with Crippen LogP contribution in [-0.4, -0.2) is 60.6 Å². The van der Waals surface area contributed by atoms with Crippen molar-refractivity contribution in [3.63, 3.8) is 0 Å². The van der Waals surface area contributed by atoms with E-state index in [1.807, 2.05) is 30.2 Å². The summed E-state index contributed by atoms with van der Waals surface area (Å²) >= 11 is 1.69. The van der Waals surface area contributed by atoms with Gasteiger partial charge in [-0.1, -0.05) is 13.8 Å². The van der Waals surface area contributed by atoms with Crippen LogP contribution in [-0.2, 0) is 20.7 Å². The fraction of sp³-hybridized carbons (Fsp3) is 0.520. The van der Waals surface area contributed by atoms with E-state index in [1.54, 1.807) is 28.4 Å². The van der Waals surface area contributed by atoms with Crippen LogP contribution < -0.4 is 4.74 Å². The molecule has 3 heterocycles.